The highest BCUT2D eigenvalue weighted by Crippen LogP contribution is 2.29. The van der Waals surface area contributed by atoms with Crippen LogP contribution in [0, 0.1) is 5.92 Å². The van der Waals surface area contributed by atoms with Crippen molar-refractivity contribution in [2.75, 3.05) is 13.2 Å². The minimum atomic E-state index is -0.974. The predicted molar refractivity (Wildman–Crippen MR) is 88.2 cm³/mol. The van der Waals surface area contributed by atoms with Crippen LogP contribution >= 0.6 is 0 Å². The van der Waals surface area contributed by atoms with Gasteiger partial charge in [0, 0.05) is 6.04 Å². The normalized spacial score (nSPS) is 28.1. The summed E-state index contributed by atoms with van der Waals surface area (Å²) in [5.41, 5.74) is -0.376. The highest BCUT2D eigenvalue weighted by molar-refractivity contribution is 5.74. The number of cyclic esters (lactones) is 1. The number of carbonyl (C=O) groups excluding carboxylic acids is 1. The molecular weight excluding hydrogens is 308 g/mol. The summed E-state index contributed by atoms with van der Waals surface area (Å²) in [6.07, 6.45) is 8.05. The molecule has 2 aliphatic rings. The van der Waals surface area contributed by atoms with E-state index in [1.165, 1.54) is 12.8 Å². The quantitative estimate of drug-likeness (QED) is 0.766. The number of nitrogens with zero attached hydrogens (tertiary/aromatic N) is 3. The molecule has 1 saturated heterocycles. The minimum Gasteiger partial charge on any atom is -0.465 e. The van der Waals surface area contributed by atoms with Crippen LogP contribution in [-0.4, -0.2) is 45.3 Å². The summed E-state index contributed by atoms with van der Waals surface area (Å²) in [6.45, 7) is 4.82. The Morgan fingerprint density at radius 1 is 1.38 bits per heavy atom. The molecule has 1 aliphatic heterocycles. The summed E-state index contributed by atoms with van der Waals surface area (Å²) in [6, 6.07) is 0.574. The van der Waals surface area contributed by atoms with E-state index in [1.807, 2.05) is 10.9 Å². The van der Waals surface area contributed by atoms with Gasteiger partial charge in [0.1, 0.15) is 11.3 Å². The van der Waals surface area contributed by atoms with Crippen LogP contribution in [0.25, 0.3) is 0 Å². The first-order valence-electron chi connectivity index (χ1n) is 9.00. The molecule has 0 unspecified atom stereocenters. The van der Waals surface area contributed by atoms with Gasteiger partial charge in [-0.25, -0.2) is 4.68 Å². The maximum absolute atomic E-state index is 11.5. The Morgan fingerprint density at radius 2 is 2.17 bits per heavy atom. The number of ether oxygens (including phenoxy) is 1. The third kappa shape index (κ3) is 3.95. The van der Waals surface area contributed by atoms with Gasteiger partial charge in [-0.15, -0.1) is 5.10 Å². The van der Waals surface area contributed by atoms with Crippen molar-refractivity contribution < 1.29 is 14.6 Å². The highest BCUT2D eigenvalue weighted by Gasteiger charge is 2.30. The van der Waals surface area contributed by atoms with Crippen molar-refractivity contribution in [2.24, 2.45) is 5.92 Å². The molecule has 0 aromatic carbocycles. The second kappa shape index (κ2) is 7.19. The van der Waals surface area contributed by atoms with Crippen molar-refractivity contribution in [3.63, 3.8) is 0 Å². The zero-order chi connectivity index (χ0) is 17.2. The molecule has 0 spiro atoms. The van der Waals surface area contributed by atoms with Gasteiger partial charge in [0.25, 0.3) is 0 Å². The van der Waals surface area contributed by atoms with Crippen LogP contribution in [0.4, 0.5) is 0 Å². The molecule has 2 N–H and O–H groups in total. The van der Waals surface area contributed by atoms with Gasteiger partial charge >= 0.3 is 5.97 Å². The van der Waals surface area contributed by atoms with E-state index in [9.17, 15) is 9.90 Å². The van der Waals surface area contributed by atoms with Gasteiger partial charge in [-0.05, 0) is 46.1 Å². The van der Waals surface area contributed by atoms with Crippen molar-refractivity contribution >= 4 is 5.97 Å². The predicted octanol–water partition coefficient (Wildman–Crippen LogP) is 1.53. The van der Waals surface area contributed by atoms with Gasteiger partial charge in [-0.3, -0.25) is 4.79 Å². The minimum absolute atomic E-state index is 0.0488. The first-order chi connectivity index (χ1) is 11.4. The molecule has 0 radical (unpaired) electrons. The van der Waals surface area contributed by atoms with Crippen molar-refractivity contribution in [3.05, 3.63) is 11.9 Å². The van der Waals surface area contributed by atoms with Crippen LogP contribution in [0.15, 0.2) is 6.20 Å². The maximum Gasteiger partial charge on any atom is 0.309 e. The SMILES string of the molecule is CC(C)(O)c1cn([C@@H]2CCCC[C@@H]2NCC[C@@H]2CCOC2=O)nn1. The molecule has 134 valence electrons. The van der Waals surface area contributed by atoms with E-state index in [1.54, 1.807) is 13.8 Å². The Morgan fingerprint density at radius 3 is 2.83 bits per heavy atom. The van der Waals surface area contributed by atoms with Crippen LogP contribution in [-0.2, 0) is 15.1 Å². The number of carbonyl (C=O) groups is 1. The number of rotatable bonds is 6. The average Bonchev–Trinajstić information content (AvgIpc) is 3.17. The summed E-state index contributed by atoms with van der Waals surface area (Å²) in [4.78, 5) is 11.5. The molecule has 2 fully saturated rings. The zero-order valence-electron chi connectivity index (χ0n) is 14.6. The molecule has 3 rings (SSSR count). The lowest BCUT2D eigenvalue weighted by Crippen LogP contribution is -2.41. The van der Waals surface area contributed by atoms with Crippen molar-refractivity contribution in [3.8, 4) is 0 Å². The summed E-state index contributed by atoms with van der Waals surface area (Å²) in [5, 5.41) is 22.1. The van der Waals surface area contributed by atoms with E-state index in [4.69, 9.17) is 4.74 Å². The maximum atomic E-state index is 11.5. The molecule has 24 heavy (non-hydrogen) atoms. The van der Waals surface area contributed by atoms with Crippen molar-refractivity contribution in [2.45, 2.75) is 70.1 Å². The van der Waals surface area contributed by atoms with E-state index < -0.39 is 5.60 Å². The average molecular weight is 336 g/mol. The van der Waals surface area contributed by atoms with E-state index in [0.717, 1.165) is 32.2 Å². The molecule has 0 bridgehead atoms. The second-order valence-electron chi connectivity index (χ2n) is 7.50. The van der Waals surface area contributed by atoms with Crippen LogP contribution in [0.1, 0.15) is 64.1 Å². The molecule has 7 heteroatoms. The van der Waals surface area contributed by atoms with Crippen LogP contribution in [0.3, 0.4) is 0 Å². The molecule has 1 saturated carbocycles. The smallest absolute Gasteiger partial charge is 0.309 e. The van der Waals surface area contributed by atoms with Gasteiger partial charge < -0.3 is 15.2 Å². The topological polar surface area (TPSA) is 89.3 Å². The van der Waals surface area contributed by atoms with E-state index in [0.29, 0.717) is 18.3 Å². The Labute approximate surface area is 142 Å². The lowest BCUT2D eigenvalue weighted by Gasteiger charge is -2.32. The van der Waals surface area contributed by atoms with Gasteiger partial charge in [0.2, 0.25) is 0 Å². The Hall–Kier alpha value is -1.47. The van der Waals surface area contributed by atoms with Crippen LogP contribution in [0.5, 0.6) is 0 Å². The molecule has 0 amide bonds. The van der Waals surface area contributed by atoms with Gasteiger partial charge in [-0.2, -0.15) is 0 Å². The number of hydrogen-bond donors (Lipinski definition) is 2. The first kappa shape index (κ1) is 17.4. The zero-order valence-corrected chi connectivity index (χ0v) is 14.6. The lowest BCUT2D eigenvalue weighted by atomic mass is 9.90. The van der Waals surface area contributed by atoms with E-state index in [2.05, 4.69) is 15.6 Å². The molecule has 1 aromatic heterocycles. The van der Waals surface area contributed by atoms with E-state index in [-0.39, 0.29) is 17.9 Å². The van der Waals surface area contributed by atoms with E-state index >= 15 is 0 Å². The molecule has 7 nitrogen and oxygen atoms in total. The fraction of sp³-hybridized carbons (Fsp3) is 0.824. The van der Waals surface area contributed by atoms with Crippen LogP contribution in [0.2, 0.25) is 0 Å². The first-order valence-corrected chi connectivity index (χ1v) is 9.00. The fourth-order valence-corrected chi connectivity index (χ4v) is 3.63. The number of nitrogens with one attached hydrogen (secondary N) is 1. The third-order valence-electron chi connectivity index (χ3n) is 5.15. The molecule has 1 aromatic rings. The number of esters is 1. The van der Waals surface area contributed by atoms with Crippen molar-refractivity contribution in [1.82, 2.24) is 20.3 Å². The fourth-order valence-electron chi connectivity index (χ4n) is 3.63. The summed E-state index contributed by atoms with van der Waals surface area (Å²) in [5.74, 6) is -0.00390. The molecular formula is C17H28N4O3. The molecule has 2 heterocycles. The monoisotopic (exact) mass is 336 g/mol. The third-order valence-corrected chi connectivity index (χ3v) is 5.15. The van der Waals surface area contributed by atoms with Gasteiger partial charge in [-0.1, -0.05) is 18.1 Å². The van der Waals surface area contributed by atoms with Gasteiger partial charge in [0.05, 0.1) is 24.8 Å². The Balaban J connectivity index is 1.59. The highest BCUT2D eigenvalue weighted by atomic mass is 16.5. The number of hydrogen-bond acceptors (Lipinski definition) is 6. The van der Waals surface area contributed by atoms with Crippen molar-refractivity contribution in [1.29, 1.82) is 0 Å². The second-order valence-corrected chi connectivity index (χ2v) is 7.50. The summed E-state index contributed by atoms with van der Waals surface area (Å²) < 4.78 is 6.92. The Kier molecular flexibility index (Phi) is 5.20. The largest absolute Gasteiger partial charge is 0.465 e. The number of aliphatic hydroxyl groups is 1. The summed E-state index contributed by atoms with van der Waals surface area (Å²) >= 11 is 0. The van der Waals surface area contributed by atoms with Crippen LogP contribution < -0.4 is 5.32 Å². The standard InChI is InChI=1S/C17H28N4O3/c1-17(2,23)15-11-21(20-19-15)14-6-4-3-5-13(14)18-9-7-12-8-10-24-16(12)22/h11-14,18,23H,3-10H2,1-2H3/t12-,13+,14-/m1/s1. The summed E-state index contributed by atoms with van der Waals surface area (Å²) in [7, 11) is 0. The Bertz CT molecular complexity index is 566. The number of aromatic nitrogens is 3. The lowest BCUT2D eigenvalue weighted by molar-refractivity contribution is -0.141. The molecule has 1 aliphatic carbocycles. The van der Waals surface area contributed by atoms with Gasteiger partial charge in [0.15, 0.2) is 0 Å². The molecule has 3 atom stereocenters.